The van der Waals surface area contributed by atoms with Gasteiger partial charge in [-0.25, -0.2) is 9.37 Å². The molecule has 35 heavy (non-hydrogen) atoms. The van der Waals surface area contributed by atoms with Gasteiger partial charge in [0.15, 0.2) is 0 Å². The van der Waals surface area contributed by atoms with Crippen molar-refractivity contribution in [3.63, 3.8) is 0 Å². The number of halogens is 1. The molecule has 3 aromatic rings. The lowest BCUT2D eigenvalue weighted by Gasteiger charge is -2.26. The van der Waals surface area contributed by atoms with Crippen LogP contribution in [-0.4, -0.2) is 42.7 Å². The summed E-state index contributed by atoms with van der Waals surface area (Å²) in [5.74, 6) is 0.0915. The van der Waals surface area contributed by atoms with Crippen LogP contribution in [0.4, 0.5) is 15.2 Å². The molecular formula is C24H29FN4O4S2. The number of nitrogens with one attached hydrogen (secondary N) is 2. The predicted molar refractivity (Wildman–Crippen MR) is 139 cm³/mol. The first-order valence-corrected chi connectivity index (χ1v) is 13.8. The van der Waals surface area contributed by atoms with Gasteiger partial charge in [0.05, 0.1) is 22.6 Å². The minimum atomic E-state index is -2.47. The zero-order valence-corrected chi connectivity index (χ0v) is 21.0. The summed E-state index contributed by atoms with van der Waals surface area (Å²) in [6, 6.07) is 11.5. The largest absolute Gasteiger partial charge is 0.386 e. The van der Waals surface area contributed by atoms with Gasteiger partial charge in [0.25, 0.3) is 5.91 Å². The molecule has 1 aliphatic rings. The average Bonchev–Trinajstić information content (AvgIpc) is 3.34. The van der Waals surface area contributed by atoms with Gasteiger partial charge < -0.3 is 21.5 Å². The fraction of sp³-hybridized carbons (Fsp3) is 0.333. The van der Waals surface area contributed by atoms with E-state index in [0.717, 1.165) is 5.69 Å². The van der Waals surface area contributed by atoms with Crippen LogP contribution in [0.3, 0.4) is 0 Å². The number of pyridine rings is 1. The maximum Gasteiger partial charge on any atom is 0.251 e. The van der Waals surface area contributed by atoms with Crippen molar-refractivity contribution in [2.45, 2.75) is 38.5 Å². The zero-order chi connectivity index (χ0) is 25.4. The van der Waals surface area contributed by atoms with Crippen molar-refractivity contribution < 1.29 is 23.4 Å². The van der Waals surface area contributed by atoms with Crippen molar-refractivity contribution >= 4 is 38.7 Å². The molecule has 8 nitrogen and oxygen atoms in total. The number of primary amides is 1. The Morgan fingerprint density at radius 3 is 2.69 bits per heavy atom. The monoisotopic (exact) mass is 520 g/mol. The predicted octanol–water partition coefficient (Wildman–Crippen LogP) is 4.63. The number of nitrogens with zero attached hydrogens (tertiary/aromatic N) is 1. The van der Waals surface area contributed by atoms with E-state index >= 15 is 0 Å². The first-order chi connectivity index (χ1) is 16.4. The molecule has 1 aliphatic heterocycles. The molecule has 11 heteroatoms. The summed E-state index contributed by atoms with van der Waals surface area (Å²) in [5.41, 5.74) is 6.11. The highest BCUT2D eigenvalue weighted by Crippen LogP contribution is 2.45. The number of thiophene rings is 1. The van der Waals surface area contributed by atoms with E-state index in [4.69, 9.17) is 5.73 Å². The second kappa shape index (κ2) is 9.84. The number of nitrogens with two attached hydrogens (primary N) is 1. The van der Waals surface area contributed by atoms with E-state index in [1.54, 1.807) is 38.1 Å². The summed E-state index contributed by atoms with van der Waals surface area (Å²) in [5, 5.41) is 17.0. The van der Waals surface area contributed by atoms with Crippen LogP contribution in [0.15, 0.2) is 42.5 Å². The standard InChI is InChI=1S/C24H29FN4O4S2/c1-24(2,31)14-6-7-17(19(25)10-14)20-11-18(22(26)30)23(34-20)29-21-5-3-4-15(28-21)12-27-16-8-9-35(32,33)13-16/h3-7,10-11,16,27,31-33H,8-9,12-13H2,1-2H3,(H2,26,30)(H,28,29). The summed E-state index contributed by atoms with van der Waals surface area (Å²) < 4.78 is 34.4. The van der Waals surface area contributed by atoms with Crippen molar-refractivity contribution in [2.24, 2.45) is 5.73 Å². The number of anilines is 2. The Balaban J connectivity index is 1.53. The molecule has 1 amide bonds. The topological polar surface area (TPSA) is 141 Å². The molecule has 0 saturated carbocycles. The van der Waals surface area contributed by atoms with E-state index in [0.29, 0.717) is 51.3 Å². The minimum absolute atomic E-state index is 0.0254. The van der Waals surface area contributed by atoms with Gasteiger partial charge in [-0.2, -0.15) is 10.6 Å². The van der Waals surface area contributed by atoms with Gasteiger partial charge >= 0.3 is 0 Å². The summed E-state index contributed by atoms with van der Waals surface area (Å²) in [7, 11) is -2.47. The van der Waals surface area contributed by atoms with Gasteiger partial charge in [0.2, 0.25) is 0 Å². The van der Waals surface area contributed by atoms with Crippen LogP contribution in [0.5, 0.6) is 0 Å². The van der Waals surface area contributed by atoms with E-state index in [9.17, 15) is 23.4 Å². The maximum atomic E-state index is 14.9. The van der Waals surface area contributed by atoms with Gasteiger partial charge in [-0.05, 0) is 50.1 Å². The molecule has 1 aromatic carbocycles. The van der Waals surface area contributed by atoms with E-state index in [2.05, 4.69) is 15.6 Å². The molecule has 1 atom stereocenters. The van der Waals surface area contributed by atoms with Gasteiger partial charge in [-0.1, -0.05) is 18.2 Å². The molecule has 0 aliphatic carbocycles. The Hall–Kier alpha value is -2.54. The SMILES string of the molecule is CC(C)(O)c1ccc(-c2cc(C(N)=O)c(Nc3cccc(CNC4CCS(O)(O)C4)n3)s2)c(F)c1. The first kappa shape index (κ1) is 25.5. The van der Waals surface area contributed by atoms with Crippen LogP contribution in [-0.2, 0) is 12.1 Å². The highest BCUT2D eigenvalue weighted by molar-refractivity contribution is 8.24. The first-order valence-electron chi connectivity index (χ1n) is 11.1. The molecule has 0 spiro atoms. The Morgan fingerprint density at radius 2 is 2.06 bits per heavy atom. The number of hydrogen-bond acceptors (Lipinski definition) is 8. The van der Waals surface area contributed by atoms with Crippen LogP contribution in [0.2, 0.25) is 0 Å². The van der Waals surface area contributed by atoms with Crippen molar-refractivity contribution in [2.75, 3.05) is 16.8 Å². The van der Waals surface area contributed by atoms with Crippen molar-refractivity contribution in [3.05, 3.63) is 65.1 Å². The number of amides is 1. The van der Waals surface area contributed by atoms with Crippen LogP contribution in [0, 0.1) is 5.82 Å². The highest BCUT2D eigenvalue weighted by atomic mass is 32.3. The number of hydrogen-bond donors (Lipinski definition) is 6. The third kappa shape index (κ3) is 6.18. The van der Waals surface area contributed by atoms with Gasteiger partial charge in [-0.3, -0.25) is 13.9 Å². The Kier molecular flexibility index (Phi) is 7.18. The lowest BCUT2D eigenvalue weighted by molar-refractivity contribution is 0.0782. The quantitative estimate of drug-likeness (QED) is 0.254. The molecule has 0 bridgehead atoms. The summed E-state index contributed by atoms with van der Waals surface area (Å²) in [4.78, 5) is 17.2. The third-order valence-corrected chi connectivity index (χ3v) is 8.73. The number of aliphatic hydroxyl groups is 1. The number of aromatic nitrogens is 1. The fourth-order valence-electron chi connectivity index (χ4n) is 3.89. The summed E-state index contributed by atoms with van der Waals surface area (Å²) in [6.07, 6.45) is 0.702. The lowest BCUT2D eigenvalue weighted by atomic mass is 9.96. The number of carbonyl (C=O) groups excluding carboxylic acids is 1. The molecule has 1 fully saturated rings. The molecule has 1 saturated heterocycles. The van der Waals surface area contributed by atoms with Crippen LogP contribution in [0.25, 0.3) is 10.4 Å². The van der Waals surface area contributed by atoms with E-state index < -0.39 is 27.9 Å². The van der Waals surface area contributed by atoms with Crippen LogP contribution >= 0.6 is 21.9 Å². The molecule has 3 heterocycles. The molecule has 7 N–H and O–H groups in total. The van der Waals surface area contributed by atoms with E-state index in [1.165, 1.54) is 17.4 Å². The molecule has 188 valence electrons. The van der Waals surface area contributed by atoms with Gasteiger partial charge in [0, 0.05) is 28.8 Å². The second-order valence-corrected chi connectivity index (χ2v) is 12.5. The van der Waals surface area contributed by atoms with Crippen LogP contribution in [0.1, 0.15) is 41.9 Å². The summed E-state index contributed by atoms with van der Waals surface area (Å²) >= 11 is 1.18. The normalized spacial score (nSPS) is 18.4. The van der Waals surface area contributed by atoms with E-state index in [1.807, 2.05) is 12.1 Å². The fourth-order valence-corrected chi connectivity index (χ4v) is 6.74. The smallest absolute Gasteiger partial charge is 0.251 e. The number of carbonyl (C=O) groups is 1. The zero-order valence-electron chi connectivity index (χ0n) is 19.4. The Morgan fingerprint density at radius 1 is 1.29 bits per heavy atom. The Labute approximate surface area is 208 Å². The molecule has 1 unspecified atom stereocenters. The van der Waals surface area contributed by atoms with Crippen molar-refractivity contribution in [1.29, 1.82) is 0 Å². The van der Waals surface area contributed by atoms with Crippen LogP contribution < -0.4 is 16.4 Å². The number of benzene rings is 1. The van der Waals surface area contributed by atoms with E-state index in [-0.39, 0.29) is 11.6 Å². The molecular weight excluding hydrogens is 491 g/mol. The van der Waals surface area contributed by atoms with Gasteiger partial charge in [-0.15, -0.1) is 11.3 Å². The van der Waals surface area contributed by atoms with Crippen molar-refractivity contribution in [1.82, 2.24) is 10.3 Å². The third-order valence-electron chi connectivity index (χ3n) is 5.82. The molecule has 4 rings (SSSR count). The summed E-state index contributed by atoms with van der Waals surface area (Å²) in [6.45, 7) is 3.61. The maximum absolute atomic E-state index is 14.9. The van der Waals surface area contributed by atoms with Gasteiger partial charge in [0.1, 0.15) is 16.6 Å². The van der Waals surface area contributed by atoms with Crippen molar-refractivity contribution in [3.8, 4) is 10.4 Å². The average molecular weight is 521 g/mol. The molecule has 0 radical (unpaired) electrons. The second-order valence-electron chi connectivity index (χ2n) is 9.15. The minimum Gasteiger partial charge on any atom is -0.386 e. The molecule has 2 aromatic heterocycles. The highest BCUT2D eigenvalue weighted by Gasteiger charge is 2.28. The lowest BCUT2D eigenvalue weighted by Crippen LogP contribution is -2.29. The Bertz CT molecular complexity index is 1240. The number of rotatable bonds is 8.